The smallest absolute Gasteiger partial charge is 0.118 e. The van der Waals surface area contributed by atoms with Crippen LogP contribution in [0.2, 0.25) is 0 Å². The SMILES string of the molecule is NCC(O)CCc1ccccc1O. The Kier molecular flexibility index (Phi) is 3.73. The molecule has 3 heteroatoms. The minimum Gasteiger partial charge on any atom is -0.508 e. The van der Waals surface area contributed by atoms with Crippen LogP contribution < -0.4 is 5.73 Å². The van der Waals surface area contributed by atoms with Crippen LogP contribution in [-0.4, -0.2) is 22.9 Å². The Bertz CT molecular complexity index is 263. The predicted molar refractivity (Wildman–Crippen MR) is 51.5 cm³/mol. The summed E-state index contributed by atoms with van der Waals surface area (Å²) in [5.41, 5.74) is 6.12. The summed E-state index contributed by atoms with van der Waals surface area (Å²) in [6.07, 6.45) is 0.777. The molecule has 0 heterocycles. The molecule has 72 valence electrons. The summed E-state index contributed by atoms with van der Waals surface area (Å²) in [4.78, 5) is 0. The van der Waals surface area contributed by atoms with Gasteiger partial charge in [-0.1, -0.05) is 18.2 Å². The van der Waals surface area contributed by atoms with Crippen LogP contribution in [0.25, 0.3) is 0 Å². The Labute approximate surface area is 77.8 Å². The summed E-state index contributed by atoms with van der Waals surface area (Å²) < 4.78 is 0. The zero-order valence-electron chi connectivity index (χ0n) is 7.48. The lowest BCUT2D eigenvalue weighted by Gasteiger charge is -2.07. The molecule has 0 fully saturated rings. The second kappa shape index (κ2) is 4.84. The standard InChI is InChI=1S/C10H15NO2/c11-7-9(12)6-5-8-3-1-2-4-10(8)13/h1-4,9,12-13H,5-7,11H2. The molecule has 0 radical (unpaired) electrons. The molecule has 0 spiro atoms. The van der Waals surface area contributed by atoms with Crippen LogP contribution in [0.1, 0.15) is 12.0 Å². The van der Waals surface area contributed by atoms with Gasteiger partial charge in [-0.2, -0.15) is 0 Å². The summed E-state index contributed by atoms with van der Waals surface area (Å²) in [6.45, 7) is 0.271. The van der Waals surface area contributed by atoms with Gasteiger partial charge in [-0.3, -0.25) is 0 Å². The van der Waals surface area contributed by atoms with E-state index in [-0.39, 0.29) is 12.3 Å². The van der Waals surface area contributed by atoms with Crippen LogP contribution in [0.4, 0.5) is 0 Å². The molecule has 0 aliphatic carbocycles. The fourth-order valence-corrected chi connectivity index (χ4v) is 1.16. The molecule has 0 aliphatic rings. The van der Waals surface area contributed by atoms with Gasteiger partial charge >= 0.3 is 0 Å². The van der Waals surface area contributed by atoms with E-state index in [9.17, 15) is 10.2 Å². The van der Waals surface area contributed by atoms with Crippen LogP contribution in [0.15, 0.2) is 24.3 Å². The Morgan fingerprint density at radius 1 is 1.31 bits per heavy atom. The van der Waals surface area contributed by atoms with Crippen molar-refractivity contribution in [3.05, 3.63) is 29.8 Å². The topological polar surface area (TPSA) is 66.5 Å². The monoisotopic (exact) mass is 181 g/mol. The molecule has 1 unspecified atom stereocenters. The van der Waals surface area contributed by atoms with Crippen LogP contribution in [0.3, 0.4) is 0 Å². The second-order valence-electron chi connectivity index (χ2n) is 3.06. The van der Waals surface area contributed by atoms with E-state index in [1.165, 1.54) is 0 Å². The second-order valence-corrected chi connectivity index (χ2v) is 3.06. The first-order chi connectivity index (χ1) is 6.24. The van der Waals surface area contributed by atoms with Gasteiger partial charge in [0.1, 0.15) is 5.75 Å². The minimum absolute atomic E-state index is 0.271. The third-order valence-corrected chi connectivity index (χ3v) is 2.01. The molecule has 13 heavy (non-hydrogen) atoms. The number of phenolic OH excluding ortho intramolecular Hbond substituents is 1. The van der Waals surface area contributed by atoms with Crippen molar-refractivity contribution in [1.29, 1.82) is 0 Å². The molecular formula is C10H15NO2. The van der Waals surface area contributed by atoms with E-state index < -0.39 is 6.10 Å². The summed E-state index contributed by atoms with van der Waals surface area (Å²) in [5, 5.41) is 18.6. The quantitative estimate of drug-likeness (QED) is 0.638. The van der Waals surface area contributed by atoms with Crippen molar-refractivity contribution in [2.45, 2.75) is 18.9 Å². The van der Waals surface area contributed by atoms with Gasteiger partial charge in [0.2, 0.25) is 0 Å². The Balaban J connectivity index is 2.50. The number of hydrogen-bond donors (Lipinski definition) is 3. The summed E-state index contributed by atoms with van der Waals surface area (Å²) >= 11 is 0. The first-order valence-electron chi connectivity index (χ1n) is 4.39. The number of aromatic hydroxyl groups is 1. The van der Waals surface area contributed by atoms with Gasteiger partial charge in [-0.15, -0.1) is 0 Å². The molecule has 1 atom stereocenters. The normalized spacial score (nSPS) is 12.8. The Morgan fingerprint density at radius 2 is 2.00 bits per heavy atom. The number of benzene rings is 1. The van der Waals surface area contributed by atoms with Gasteiger partial charge in [0.05, 0.1) is 6.10 Å². The van der Waals surface area contributed by atoms with Crippen LogP contribution in [0, 0.1) is 0 Å². The molecule has 3 nitrogen and oxygen atoms in total. The molecule has 0 amide bonds. The van der Waals surface area contributed by atoms with Gasteiger partial charge in [0, 0.05) is 6.54 Å². The lowest BCUT2D eigenvalue weighted by molar-refractivity contribution is 0.173. The van der Waals surface area contributed by atoms with Crippen molar-refractivity contribution in [2.24, 2.45) is 5.73 Å². The zero-order chi connectivity index (χ0) is 9.68. The zero-order valence-corrected chi connectivity index (χ0v) is 7.48. The van der Waals surface area contributed by atoms with Gasteiger partial charge < -0.3 is 15.9 Å². The van der Waals surface area contributed by atoms with E-state index >= 15 is 0 Å². The van der Waals surface area contributed by atoms with Gasteiger partial charge in [0.15, 0.2) is 0 Å². The lowest BCUT2D eigenvalue weighted by atomic mass is 10.1. The first kappa shape index (κ1) is 10.0. The van der Waals surface area contributed by atoms with E-state index in [1.807, 2.05) is 12.1 Å². The number of aryl methyl sites for hydroxylation is 1. The fraction of sp³-hybridized carbons (Fsp3) is 0.400. The minimum atomic E-state index is -0.473. The summed E-state index contributed by atoms with van der Waals surface area (Å²) in [5.74, 6) is 0.284. The van der Waals surface area contributed by atoms with Gasteiger partial charge in [-0.05, 0) is 24.5 Å². The average Bonchev–Trinajstić information content (AvgIpc) is 2.16. The molecule has 0 saturated heterocycles. The predicted octanol–water partition coefficient (Wildman–Crippen LogP) is 0.644. The van der Waals surface area contributed by atoms with Crippen LogP contribution >= 0.6 is 0 Å². The number of nitrogens with two attached hydrogens (primary N) is 1. The fourth-order valence-electron chi connectivity index (χ4n) is 1.16. The van der Waals surface area contributed by atoms with Crippen molar-refractivity contribution in [2.75, 3.05) is 6.54 Å². The number of aliphatic hydroxyl groups excluding tert-OH is 1. The molecule has 1 rings (SSSR count). The molecule has 0 bridgehead atoms. The number of hydrogen-bond acceptors (Lipinski definition) is 3. The number of para-hydroxylation sites is 1. The highest BCUT2D eigenvalue weighted by Crippen LogP contribution is 2.17. The van der Waals surface area contributed by atoms with E-state index in [0.717, 1.165) is 5.56 Å². The number of rotatable bonds is 4. The molecule has 1 aromatic carbocycles. The molecule has 1 aromatic rings. The molecule has 4 N–H and O–H groups in total. The summed E-state index contributed by atoms with van der Waals surface area (Å²) in [7, 11) is 0. The van der Waals surface area contributed by atoms with E-state index in [2.05, 4.69) is 0 Å². The third-order valence-electron chi connectivity index (χ3n) is 2.01. The van der Waals surface area contributed by atoms with Crippen molar-refractivity contribution < 1.29 is 10.2 Å². The first-order valence-corrected chi connectivity index (χ1v) is 4.39. The van der Waals surface area contributed by atoms with Gasteiger partial charge in [0.25, 0.3) is 0 Å². The highest BCUT2D eigenvalue weighted by atomic mass is 16.3. The van der Waals surface area contributed by atoms with E-state index in [0.29, 0.717) is 12.8 Å². The lowest BCUT2D eigenvalue weighted by Crippen LogP contribution is -2.20. The van der Waals surface area contributed by atoms with Crippen LogP contribution in [-0.2, 0) is 6.42 Å². The highest BCUT2D eigenvalue weighted by molar-refractivity contribution is 5.31. The molecule has 0 aromatic heterocycles. The maximum Gasteiger partial charge on any atom is 0.118 e. The van der Waals surface area contributed by atoms with E-state index in [1.54, 1.807) is 12.1 Å². The van der Waals surface area contributed by atoms with Crippen molar-refractivity contribution >= 4 is 0 Å². The molecule has 0 aliphatic heterocycles. The maximum absolute atomic E-state index is 9.38. The largest absolute Gasteiger partial charge is 0.508 e. The third kappa shape index (κ3) is 3.05. The summed E-state index contributed by atoms with van der Waals surface area (Å²) in [6, 6.07) is 7.13. The Morgan fingerprint density at radius 3 is 2.62 bits per heavy atom. The number of aliphatic hydroxyl groups is 1. The van der Waals surface area contributed by atoms with Crippen LogP contribution in [0.5, 0.6) is 5.75 Å². The van der Waals surface area contributed by atoms with Gasteiger partial charge in [-0.25, -0.2) is 0 Å². The molecule has 0 saturated carbocycles. The van der Waals surface area contributed by atoms with Crippen molar-refractivity contribution in [3.63, 3.8) is 0 Å². The average molecular weight is 181 g/mol. The van der Waals surface area contributed by atoms with E-state index in [4.69, 9.17) is 5.73 Å². The van der Waals surface area contributed by atoms with Crippen molar-refractivity contribution in [1.82, 2.24) is 0 Å². The highest BCUT2D eigenvalue weighted by Gasteiger charge is 2.04. The Hall–Kier alpha value is -1.06. The molecular weight excluding hydrogens is 166 g/mol. The number of phenols is 1. The van der Waals surface area contributed by atoms with Crippen molar-refractivity contribution in [3.8, 4) is 5.75 Å². The maximum atomic E-state index is 9.38.